The van der Waals surface area contributed by atoms with Gasteiger partial charge < -0.3 is 25.2 Å². The van der Waals surface area contributed by atoms with Gasteiger partial charge in [-0.1, -0.05) is 12.1 Å². The van der Waals surface area contributed by atoms with Crippen LogP contribution in [0, 0.1) is 0 Å². The van der Waals surface area contributed by atoms with Crippen molar-refractivity contribution < 1.29 is 4.74 Å². The van der Waals surface area contributed by atoms with Crippen LogP contribution >= 0.6 is 0 Å². The Bertz CT molecular complexity index is 1330. The van der Waals surface area contributed by atoms with Crippen LogP contribution in [0.25, 0.3) is 22.2 Å². The quantitative estimate of drug-likeness (QED) is 0.436. The van der Waals surface area contributed by atoms with Gasteiger partial charge in [-0.15, -0.1) is 0 Å². The third-order valence-electron chi connectivity index (χ3n) is 6.62. The highest BCUT2D eigenvalue weighted by Crippen LogP contribution is 2.38. The molecule has 0 spiro atoms. The number of anilines is 4. The van der Waals surface area contributed by atoms with E-state index in [1.54, 1.807) is 13.4 Å². The number of methoxy groups -OCH3 is 1. The van der Waals surface area contributed by atoms with E-state index in [1.807, 2.05) is 31.0 Å². The van der Waals surface area contributed by atoms with E-state index in [1.165, 1.54) is 0 Å². The minimum absolute atomic E-state index is 0.699. The van der Waals surface area contributed by atoms with E-state index in [0.717, 1.165) is 77.6 Å². The highest BCUT2D eigenvalue weighted by molar-refractivity contribution is 5.85. The molecule has 0 amide bonds. The van der Waals surface area contributed by atoms with E-state index in [-0.39, 0.29) is 0 Å². The van der Waals surface area contributed by atoms with Gasteiger partial charge in [-0.05, 0) is 32.1 Å². The Balaban J connectivity index is 1.45. The molecule has 0 bridgehead atoms. The van der Waals surface area contributed by atoms with Crippen molar-refractivity contribution in [1.82, 2.24) is 24.6 Å². The summed E-state index contributed by atoms with van der Waals surface area (Å²) in [6.45, 7) is 4.16. The van der Waals surface area contributed by atoms with Crippen LogP contribution in [0.4, 0.5) is 22.9 Å². The molecule has 182 valence electrons. The lowest BCUT2D eigenvalue weighted by Gasteiger charge is -2.27. The van der Waals surface area contributed by atoms with Crippen molar-refractivity contribution in [3.63, 3.8) is 0 Å². The first-order valence-electron chi connectivity index (χ1n) is 11.9. The number of aromatic nitrogens is 4. The SMILES string of the molecule is CNc1cc(Nc2cc(-c3ccc4cnn(C)c4c3)ncn2)c(OC)cc1N1CCCN(C)CC1. The molecule has 1 fully saturated rings. The first-order valence-corrected chi connectivity index (χ1v) is 11.9. The molecule has 0 unspecified atom stereocenters. The van der Waals surface area contributed by atoms with E-state index < -0.39 is 0 Å². The second-order valence-electron chi connectivity index (χ2n) is 8.92. The summed E-state index contributed by atoms with van der Waals surface area (Å²) >= 11 is 0. The van der Waals surface area contributed by atoms with E-state index in [0.29, 0.717) is 5.82 Å². The molecule has 2 N–H and O–H groups in total. The maximum atomic E-state index is 5.79. The van der Waals surface area contributed by atoms with Crippen molar-refractivity contribution in [3.05, 3.63) is 48.9 Å². The average molecular weight is 473 g/mol. The molecular formula is C26H32N8O. The van der Waals surface area contributed by atoms with Gasteiger partial charge in [0.2, 0.25) is 0 Å². The molecule has 1 saturated heterocycles. The number of nitrogens with one attached hydrogen (secondary N) is 2. The highest BCUT2D eigenvalue weighted by atomic mass is 16.5. The van der Waals surface area contributed by atoms with Gasteiger partial charge in [0.1, 0.15) is 17.9 Å². The van der Waals surface area contributed by atoms with Gasteiger partial charge in [0.15, 0.2) is 0 Å². The molecule has 9 heteroatoms. The van der Waals surface area contributed by atoms with Crippen LogP contribution < -0.4 is 20.3 Å². The number of hydrogen-bond donors (Lipinski definition) is 2. The summed E-state index contributed by atoms with van der Waals surface area (Å²) in [7, 11) is 7.78. The third kappa shape index (κ3) is 4.72. The minimum Gasteiger partial charge on any atom is -0.494 e. The molecule has 5 rings (SSSR count). The van der Waals surface area contributed by atoms with Crippen LogP contribution in [0.5, 0.6) is 5.75 Å². The molecule has 0 atom stereocenters. The highest BCUT2D eigenvalue weighted by Gasteiger charge is 2.19. The summed E-state index contributed by atoms with van der Waals surface area (Å²) in [5.74, 6) is 1.47. The predicted octanol–water partition coefficient (Wildman–Crippen LogP) is 3.97. The van der Waals surface area contributed by atoms with Crippen LogP contribution in [-0.4, -0.2) is 72.0 Å². The lowest BCUT2D eigenvalue weighted by Crippen LogP contribution is -2.29. The van der Waals surface area contributed by atoms with Crippen molar-refractivity contribution in [2.24, 2.45) is 7.05 Å². The van der Waals surface area contributed by atoms with Gasteiger partial charge in [-0.2, -0.15) is 5.10 Å². The number of aryl methyl sites for hydroxylation is 1. The smallest absolute Gasteiger partial charge is 0.144 e. The number of benzene rings is 2. The summed E-state index contributed by atoms with van der Waals surface area (Å²) in [5.41, 5.74) is 5.96. The Kier molecular flexibility index (Phi) is 6.41. The molecule has 0 radical (unpaired) electrons. The minimum atomic E-state index is 0.699. The maximum absolute atomic E-state index is 5.79. The number of likely N-dealkylation sites (N-methyl/N-ethyl adjacent to an activating group) is 1. The lowest BCUT2D eigenvalue weighted by molar-refractivity contribution is 0.360. The zero-order valence-corrected chi connectivity index (χ0v) is 20.7. The number of nitrogens with zero attached hydrogens (tertiary/aromatic N) is 6. The first-order chi connectivity index (χ1) is 17.1. The van der Waals surface area contributed by atoms with Gasteiger partial charge in [0.25, 0.3) is 0 Å². The molecule has 35 heavy (non-hydrogen) atoms. The normalized spacial score (nSPS) is 14.7. The van der Waals surface area contributed by atoms with Crippen LogP contribution in [0.1, 0.15) is 6.42 Å². The van der Waals surface area contributed by atoms with Gasteiger partial charge >= 0.3 is 0 Å². The molecule has 1 aliphatic heterocycles. The number of rotatable bonds is 6. The van der Waals surface area contributed by atoms with Gasteiger partial charge in [-0.25, -0.2) is 9.97 Å². The third-order valence-corrected chi connectivity index (χ3v) is 6.62. The molecule has 2 aromatic carbocycles. The fraction of sp³-hybridized carbons (Fsp3) is 0.346. The Labute approximate surface area is 205 Å². The van der Waals surface area contributed by atoms with Crippen molar-refractivity contribution in [2.75, 3.05) is 62.9 Å². The number of fused-ring (bicyclic) bond motifs is 1. The van der Waals surface area contributed by atoms with E-state index >= 15 is 0 Å². The lowest BCUT2D eigenvalue weighted by atomic mass is 10.1. The van der Waals surface area contributed by atoms with Gasteiger partial charge in [-0.3, -0.25) is 4.68 Å². The van der Waals surface area contributed by atoms with Gasteiger partial charge in [0, 0.05) is 56.8 Å². The van der Waals surface area contributed by atoms with E-state index in [4.69, 9.17) is 4.74 Å². The van der Waals surface area contributed by atoms with Crippen molar-refractivity contribution in [2.45, 2.75) is 6.42 Å². The Morgan fingerprint density at radius 3 is 2.66 bits per heavy atom. The second kappa shape index (κ2) is 9.79. The summed E-state index contributed by atoms with van der Waals surface area (Å²) in [5, 5.41) is 12.2. The molecule has 2 aromatic heterocycles. The van der Waals surface area contributed by atoms with E-state index in [9.17, 15) is 0 Å². The van der Waals surface area contributed by atoms with Crippen molar-refractivity contribution >= 4 is 33.8 Å². The molecule has 0 saturated carbocycles. The van der Waals surface area contributed by atoms with Crippen molar-refractivity contribution in [3.8, 4) is 17.0 Å². The fourth-order valence-electron chi connectivity index (χ4n) is 4.61. The second-order valence-corrected chi connectivity index (χ2v) is 8.92. The Hall–Kier alpha value is -3.85. The summed E-state index contributed by atoms with van der Waals surface area (Å²) in [6.07, 6.45) is 4.58. The summed E-state index contributed by atoms with van der Waals surface area (Å²) in [6, 6.07) is 12.4. The van der Waals surface area contributed by atoms with Crippen LogP contribution in [-0.2, 0) is 7.05 Å². The van der Waals surface area contributed by atoms with E-state index in [2.05, 4.69) is 72.9 Å². The molecule has 4 aromatic rings. The van der Waals surface area contributed by atoms with Crippen LogP contribution in [0.2, 0.25) is 0 Å². The zero-order valence-electron chi connectivity index (χ0n) is 20.7. The van der Waals surface area contributed by atoms with Crippen molar-refractivity contribution in [1.29, 1.82) is 0 Å². The molecular weight excluding hydrogens is 440 g/mol. The molecule has 0 aliphatic carbocycles. The Morgan fingerprint density at radius 1 is 0.943 bits per heavy atom. The Morgan fingerprint density at radius 2 is 1.83 bits per heavy atom. The zero-order chi connectivity index (χ0) is 24.4. The molecule has 3 heterocycles. The van der Waals surface area contributed by atoms with Crippen LogP contribution in [0.15, 0.2) is 48.9 Å². The maximum Gasteiger partial charge on any atom is 0.144 e. The summed E-state index contributed by atoms with van der Waals surface area (Å²) < 4.78 is 7.66. The number of hydrogen-bond acceptors (Lipinski definition) is 8. The largest absolute Gasteiger partial charge is 0.494 e. The fourth-order valence-corrected chi connectivity index (χ4v) is 4.61. The van der Waals surface area contributed by atoms with Gasteiger partial charge in [0.05, 0.1) is 41.6 Å². The molecule has 9 nitrogen and oxygen atoms in total. The first kappa shape index (κ1) is 22.9. The monoisotopic (exact) mass is 472 g/mol. The number of ether oxygens (including phenoxy) is 1. The van der Waals surface area contributed by atoms with Crippen LogP contribution in [0.3, 0.4) is 0 Å². The summed E-state index contributed by atoms with van der Waals surface area (Å²) in [4.78, 5) is 13.8. The predicted molar refractivity (Wildman–Crippen MR) is 142 cm³/mol. The average Bonchev–Trinajstić information content (AvgIpc) is 3.11. The topological polar surface area (TPSA) is 83.4 Å². The standard InChI is InChI=1S/C26H32N8O/c1-27-21-13-22(25(35-4)15-24(21)34-9-5-8-32(2)10-11-34)31-26-14-20(28-17-29-26)18-6-7-19-16-30-33(3)23(19)12-18/h6-7,12-17,27H,5,8-11H2,1-4H3,(H,28,29,31). The molecule has 1 aliphatic rings.